The predicted octanol–water partition coefficient (Wildman–Crippen LogP) is 0.263. The highest BCUT2D eigenvalue weighted by Gasteiger charge is 2.54. The second-order valence-electron chi connectivity index (χ2n) is 9.09. The van der Waals surface area contributed by atoms with Crippen molar-refractivity contribution in [2.75, 3.05) is 18.6 Å². The number of aliphatic carboxylic acids is 1. The van der Waals surface area contributed by atoms with Crippen LogP contribution in [0.3, 0.4) is 0 Å². The number of nitrogens with zero attached hydrogens (tertiary/aromatic N) is 6. The smallest absolute Gasteiger partial charge is 0.352 e. The second kappa shape index (κ2) is 12.9. The summed E-state index contributed by atoms with van der Waals surface area (Å²) >= 11 is 3.44. The number of amides is 2. The molecule has 228 valence electrons. The molecule has 19 heteroatoms. The number of nitrogens with one attached hydrogen (secondary N) is 2. The first kappa shape index (κ1) is 30.7. The molecule has 2 aliphatic heterocycles. The first-order valence-corrected chi connectivity index (χ1v) is 15.4. The van der Waals surface area contributed by atoms with E-state index in [-0.39, 0.29) is 39.5 Å². The molecule has 1 fully saturated rings. The van der Waals surface area contributed by atoms with E-state index in [1.165, 1.54) is 48.9 Å². The van der Waals surface area contributed by atoms with E-state index < -0.39 is 40.3 Å². The number of aromatic nitrogens is 4. The summed E-state index contributed by atoms with van der Waals surface area (Å²) in [5.74, 6) is -2.28. The van der Waals surface area contributed by atoms with Gasteiger partial charge in [0, 0.05) is 30.1 Å². The number of phenols is 1. The Morgan fingerprint density at radius 1 is 1.25 bits per heavy atom. The lowest BCUT2D eigenvalue weighted by Gasteiger charge is -2.49. The van der Waals surface area contributed by atoms with Gasteiger partial charge in [-0.05, 0) is 35.4 Å². The molecule has 0 bridgehead atoms. The minimum atomic E-state index is -1.32. The molecule has 16 nitrogen and oxygen atoms in total. The number of aromatic amines is 1. The van der Waals surface area contributed by atoms with Crippen LogP contribution in [0.4, 0.5) is 5.13 Å². The van der Waals surface area contributed by atoms with Crippen LogP contribution in [0.25, 0.3) is 0 Å². The molecular weight excluding hydrogens is 637 g/mol. The molecule has 0 spiro atoms. The number of hydrogen-bond donors (Lipinski definition) is 4. The molecule has 1 aromatic carbocycles. The van der Waals surface area contributed by atoms with Crippen LogP contribution in [0.5, 0.6) is 5.75 Å². The van der Waals surface area contributed by atoms with Gasteiger partial charge < -0.3 is 20.4 Å². The van der Waals surface area contributed by atoms with Gasteiger partial charge in [0.05, 0.1) is 0 Å². The van der Waals surface area contributed by atoms with Crippen LogP contribution >= 0.6 is 34.9 Å². The molecule has 3 aromatic rings. The SMILES string of the molecule is CO/N=C(\C(=O)N[C@@H]1C(=O)N2C(C(=O)O)=C(CSc3nc(=O)c(=O)[nH]n3C)CS[C@H]12)c1csc(/N=C/c2ccc(O)cc2)n1. The third-order valence-electron chi connectivity index (χ3n) is 6.21. The Hall–Kier alpha value is -4.75. The Labute approximate surface area is 259 Å². The van der Waals surface area contributed by atoms with Crippen molar-refractivity contribution in [2.45, 2.75) is 16.6 Å². The van der Waals surface area contributed by atoms with Crippen molar-refractivity contribution in [3.05, 3.63) is 72.9 Å². The molecule has 44 heavy (non-hydrogen) atoms. The summed E-state index contributed by atoms with van der Waals surface area (Å²) in [5.41, 5.74) is -0.990. The number of hydrogen-bond acceptors (Lipinski definition) is 14. The van der Waals surface area contributed by atoms with Gasteiger partial charge in [-0.2, -0.15) is 4.98 Å². The number of thiazole rings is 1. The van der Waals surface area contributed by atoms with Gasteiger partial charge in [-0.15, -0.1) is 23.1 Å². The number of carbonyl (C=O) groups excluding carboxylic acids is 2. The lowest BCUT2D eigenvalue weighted by atomic mass is 10.0. The zero-order valence-electron chi connectivity index (χ0n) is 22.8. The maximum Gasteiger partial charge on any atom is 0.352 e. The first-order valence-electron chi connectivity index (χ1n) is 12.5. The average Bonchev–Trinajstić information content (AvgIpc) is 3.47. The van der Waals surface area contributed by atoms with Gasteiger partial charge in [0.25, 0.3) is 11.8 Å². The van der Waals surface area contributed by atoms with Crippen LogP contribution in [-0.2, 0) is 26.3 Å². The standard InChI is InChI=1S/C25H22N8O8S3/c1-32-25(29-19(36)20(37)30-32)44-9-12-8-42-22-16(21(38)33(22)17(12)23(39)40)28-18(35)15(31-41-2)14-10-43-24(27-14)26-7-11-3-5-13(34)6-4-11/h3-7,10,16,22,34H,8-9H2,1-2H3,(H,28,35)(H,30,37)(H,39,40)/b26-7+,31-15-/t16-,22-/m1/s1. The Bertz CT molecular complexity index is 1850. The van der Waals surface area contributed by atoms with Gasteiger partial charge in [0.15, 0.2) is 10.9 Å². The van der Waals surface area contributed by atoms with E-state index in [2.05, 4.69) is 30.5 Å². The van der Waals surface area contributed by atoms with Crippen LogP contribution in [-0.4, -0.2) is 94.6 Å². The number of H-pyrrole nitrogens is 1. The van der Waals surface area contributed by atoms with E-state index in [0.29, 0.717) is 10.7 Å². The summed E-state index contributed by atoms with van der Waals surface area (Å²) < 4.78 is 1.25. The van der Waals surface area contributed by atoms with Crippen molar-refractivity contribution in [3.63, 3.8) is 0 Å². The van der Waals surface area contributed by atoms with Gasteiger partial charge in [0.2, 0.25) is 5.13 Å². The molecule has 2 aromatic heterocycles. The zero-order chi connectivity index (χ0) is 31.5. The summed E-state index contributed by atoms with van der Waals surface area (Å²) in [6, 6.07) is 5.33. The van der Waals surface area contributed by atoms with E-state index in [0.717, 1.165) is 33.6 Å². The number of rotatable bonds is 10. The lowest BCUT2D eigenvalue weighted by molar-refractivity contribution is -0.150. The Morgan fingerprint density at radius 3 is 2.70 bits per heavy atom. The van der Waals surface area contributed by atoms with E-state index in [9.17, 15) is 34.2 Å². The second-order valence-corrected chi connectivity index (χ2v) is 12.0. The predicted molar refractivity (Wildman–Crippen MR) is 162 cm³/mol. The Balaban J connectivity index is 1.28. The summed E-state index contributed by atoms with van der Waals surface area (Å²) in [6.07, 6.45) is 1.54. The molecule has 2 atom stereocenters. The highest BCUT2D eigenvalue weighted by Crippen LogP contribution is 2.41. The fourth-order valence-electron chi connectivity index (χ4n) is 4.16. The van der Waals surface area contributed by atoms with Crippen LogP contribution in [0.1, 0.15) is 11.3 Å². The van der Waals surface area contributed by atoms with Crippen molar-refractivity contribution in [2.24, 2.45) is 17.2 Å². The molecule has 0 aliphatic carbocycles. The van der Waals surface area contributed by atoms with E-state index >= 15 is 0 Å². The summed E-state index contributed by atoms with van der Waals surface area (Å²) in [4.78, 5) is 79.9. The third kappa shape index (κ3) is 6.29. The molecule has 0 saturated carbocycles. The summed E-state index contributed by atoms with van der Waals surface area (Å²) in [6.45, 7) is 0. The number of thioether (sulfide) groups is 2. The minimum Gasteiger partial charge on any atom is -0.508 e. The number of β-lactam (4-membered cyclic amide) rings is 1. The van der Waals surface area contributed by atoms with Crippen molar-refractivity contribution in [1.82, 2.24) is 30.0 Å². The molecule has 2 amide bonds. The maximum atomic E-state index is 13.2. The van der Waals surface area contributed by atoms with Crippen molar-refractivity contribution >= 4 is 69.7 Å². The van der Waals surface area contributed by atoms with Gasteiger partial charge in [0.1, 0.15) is 35.7 Å². The lowest BCUT2D eigenvalue weighted by Crippen LogP contribution is -2.71. The largest absolute Gasteiger partial charge is 0.508 e. The molecule has 0 unspecified atom stereocenters. The molecule has 4 N–H and O–H groups in total. The monoisotopic (exact) mass is 658 g/mol. The van der Waals surface area contributed by atoms with Crippen LogP contribution < -0.4 is 16.4 Å². The quantitative estimate of drug-likeness (QED) is 0.0758. The number of benzene rings is 1. The number of fused-ring (bicyclic) bond motifs is 1. The normalized spacial score (nSPS) is 18.3. The Morgan fingerprint density at radius 2 is 2.00 bits per heavy atom. The van der Waals surface area contributed by atoms with Gasteiger partial charge >= 0.3 is 17.1 Å². The molecule has 2 aliphatic rings. The third-order valence-corrected chi connectivity index (χ3v) is 9.41. The number of carbonyl (C=O) groups is 3. The fourth-order valence-corrected chi connectivity index (χ4v) is 7.21. The molecular formula is C25H22N8O8S3. The van der Waals surface area contributed by atoms with E-state index in [4.69, 9.17) is 4.84 Å². The highest BCUT2D eigenvalue weighted by molar-refractivity contribution is 8.01. The fraction of sp³-hybridized carbons (Fsp3) is 0.240. The highest BCUT2D eigenvalue weighted by atomic mass is 32.2. The summed E-state index contributed by atoms with van der Waals surface area (Å²) in [7, 11) is 2.74. The molecule has 5 rings (SSSR count). The van der Waals surface area contributed by atoms with Crippen molar-refractivity contribution < 1.29 is 29.4 Å². The molecule has 1 saturated heterocycles. The van der Waals surface area contributed by atoms with E-state index in [1.807, 2.05) is 0 Å². The number of carboxylic acids is 1. The maximum absolute atomic E-state index is 13.2. The Kier molecular flexibility index (Phi) is 8.97. The summed E-state index contributed by atoms with van der Waals surface area (Å²) in [5, 5.41) is 29.4. The van der Waals surface area contributed by atoms with Crippen LogP contribution in [0.2, 0.25) is 0 Å². The van der Waals surface area contributed by atoms with Gasteiger partial charge in [-0.25, -0.2) is 14.8 Å². The number of aryl methyl sites for hydroxylation is 1. The van der Waals surface area contributed by atoms with E-state index in [1.54, 1.807) is 17.5 Å². The topological polar surface area (TPSA) is 222 Å². The first-order chi connectivity index (χ1) is 21.1. The number of oxime groups is 1. The zero-order valence-corrected chi connectivity index (χ0v) is 25.2. The number of aromatic hydroxyl groups is 1. The van der Waals surface area contributed by atoms with Crippen LogP contribution in [0, 0.1) is 0 Å². The number of carboxylic acid groups (broad SMARTS) is 1. The minimum absolute atomic E-state index is 0.0838. The van der Waals surface area contributed by atoms with Crippen molar-refractivity contribution in [3.8, 4) is 5.75 Å². The van der Waals surface area contributed by atoms with Gasteiger partial charge in [-0.3, -0.25) is 33.9 Å². The number of aliphatic imine (C=N–C) groups is 1. The van der Waals surface area contributed by atoms with Crippen LogP contribution in [0.15, 0.2) is 65.8 Å². The molecule has 0 radical (unpaired) electrons. The number of phenolic OH excluding ortho intramolecular Hbond substituents is 1. The van der Waals surface area contributed by atoms with Gasteiger partial charge in [-0.1, -0.05) is 16.9 Å². The van der Waals surface area contributed by atoms with Crippen molar-refractivity contribution in [1.29, 1.82) is 0 Å². The average molecular weight is 659 g/mol. The molecule has 4 heterocycles.